The molecule has 0 amide bonds. The van der Waals surface area contributed by atoms with Crippen molar-refractivity contribution in [3.63, 3.8) is 0 Å². The fourth-order valence-corrected chi connectivity index (χ4v) is 4.18. The van der Waals surface area contributed by atoms with Crippen LogP contribution in [-0.2, 0) is 6.54 Å². The number of aromatic nitrogens is 4. The first-order valence-electron chi connectivity index (χ1n) is 10.7. The molecular weight excluding hydrogens is 426 g/mol. The summed E-state index contributed by atoms with van der Waals surface area (Å²) in [6.07, 6.45) is 4.12. The largest absolute Gasteiger partial charge is 0.383 e. The van der Waals surface area contributed by atoms with Crippen molar-refractivity contribution in [2.24, 2.45) is 0 Å². The quantitative estimate of drug-likeness (QED) is 0.485. The van der Waals surface area contributed by atoms with Gasteiger partial charge in [0, 0.05) is 18.3 Å². The number of nitrogens with zero attached hydrogens (tertiary/aromatic N) is 4. The molecule has 33 heavy (non-hydrogen) atoms. The second-order valence-corrected chi connectivity index (χ2v) is 8.10. The van der Waals surface area contributed by atoms with Crippen LogP contribution in [0.25, 0.3) is 28.2 Å². The average Bonchev–Trinajstić information content (AvgIpc) is 3.46. The SMILES string of the molecule is Nc1ncc(-c2ccc(CN3CCCC3)cc2)cc1-c1n[nH]c(=O)n1-c1cccc(F)c1F. The van der Waals surface area contributed by atoms with Crippen molar-refractivity contribution in [1.29, 1.82) is 0 Å². The molecule has 0 aliphatic carbocycles. The van der Waals surface area contributed by atoms with E-state index < -0.39 is 17.3 Å². The molecule has 7 nitrogen and oxygen atoms in total. The Hall–Kier alpha value is -3.85. The standard InChI is InChI=1S/C24H22F2N6O/c25-19-4-3-5-20(21(19)26)32-23(29-30-24(32)33)18-12-17(13-28-22(18)27)16-8-6-15(7-9-16)14-31-10-1-2-11-31/h3-9,12-13H,1-2,10-11,14H2,(H2,27,28)(H,30,33). The van der Waals surface area contributed by atoms with Gasteiger partial charge in [-0.2, -0.15) is 5.10 Å². The van der Waals surface area contributed by atoms with Gasteiger partial charge in [0.2, 0.25) is 0 Å². The number of hydrogen-bond acceptors (Lipinski definition) is 5. The Morgan fingerprint density at radius 2 is 1.79 bits per heavy atom. The van der Waals surface area contributed by atoms with Crippen molar-refractivity contribution >= 4 is 5.82 Å². The second-order valence-electron chi connectivity index (χ2n) is 8.10. The third-order valence-corrected chi connectivity index (χ3v) is 5.90. The van der Waals surface area contributed by atoms with E-state index in [0.717, 1.165) is 41.4 Å². The normalized spacial score (nSPS) is 14.1. The minimum atomic E-state index is -1.15. The third kappa shape index (κ3) is 4.03. The summed E-state index contributed by atoms with van der Waals surface area (Å²) in [4.78, 5) is 19.1. The number of benzene rings is 2. The number of nitrogens with two attached hydrogens (primary N) is 1. The van der Waals surface area contributed by atoms with Gasteiger partial charge in [0.1, 0.15) is 5.82 Å². The van der Waals surface area contributed by atoms with Crippen LogP contribution in [0.3, 0.4) is 0 Å². The number of halogens is 2. The van der Waals surface area contributed by atoms with Crippen molar-refractivity contribution in [2.75, 3.05) is 18.8 Å². The van der Waals surface area contributed by atoms with E-state index in [9.17, 15) is 13.6 Å². The second kappa shape index (κ2) is 8.59. The topological polar surface area (TPSA) is 92.8 Å². The van der Waals surface area contributed by atoms with E-state index in [0.29, 0.717) is 5.56 Å². The van der Waals surface area contributed by atoms with Crippen molar-refractivity contribution in [2.45, 2.75) is 19.4 Å². The number of nitrogen functional groups attached to an aromatic ring is 1. The van der Waals surface area contributed by atoms with E-state index in [1.807, 2.05) is 12.1 Å². The molecule has 3 N–H and O–H groups in total. The minimum Gasteiger partial charge on any atom is -0.383 e. The molecule has 0 saturated carbocycles. The lowest BCUT2D eigenvalue weighted by Crippen LogP contribution is -2.18. The number of pyridine rings is 1. The molecule has 2 aromatic heterocycles. The predicted octanol–water partition coefficient (Wildman–Crippen LogP) is 3.75. The van der Waals surface area contributed by atoms with Gasteiger partial charge in [0.15, 0.2) is 17.5 Å². The van der Waals surface area contributed by atoms with Crippen LogP contribution in [0.1, 0.15) is 18.4 Å². The Labute approximate surface area is 188 Å². The summed E-state index contributed by atoms with van der Waals surface area (Å²) in [5.74, 6) is -2.07. The van der Waals surface area contributed by atoms with Crippen LogP contribution in [0.2, 0.25) is 0 Å². The summed E-state index contributed by atoms with van der Waals surface area (Å²) in [6, 6.07) is 13.5. The van der Waals surface area contributed by atoms with Gasteiger partial charge in [0.25, 0.3) is 0 Å². The number of anilines is 1. The molecule has 0 radical (unpaired) electrons. The molecule has 0 spiro atoms. The Bertz CT molecular complexity index is 1360. The molecule has 1 aliphatic heterocycles. The zero-order valence-electron chi connectivity index (χ0n) is 17.8. The molecule has 0 atom stereocenters. The maximum atomic E-state index is 14.4. The van der Waals surface area contributed by atoms with Crippen LogP contribution in [0.15, 0.2) is 59.5 Å². The highest BCUT2D eigenvalue weighted by Crippen LogP contribution is 2.30. The number of H-pyrrole nitrogens is 1. The molecule has 0 unspecified atom stereocenters. The lowest BCUT2D eigenvalue weighted by Gasteiger charge is -2.15. The predicted molar refractivity (Wildman–Crippen MR) is 122 cm³/mol. The Kier molecular flexibility index (Phi) is 5.47. The van der Waals surface area contributed by atoms with Crippen LogP contribution >= 0.6 is 0 Å². The van der Waals surface area contributed by atoms with Crippen LogP contribution in [0.5, 0.6) is 0 Å². The van der Waals surface area contributed by atoms with Crippen LogP contribution in [-0.4, -0.2) is 37.7 Å². The minimum absolute atomic E-state index is 0.0435. The summed E-state index contributed by atoms with van der Waals surface area (Å²) in [5.41, 5.74) is 8.33. The zero-order chi connectivity index (χ0) is 22.9. The van der Waals surface area contributed by atoms with E-state index in [1.165, 1.54) is 30.5 Å². The Morgan fingerprint density at radius 3 is 2.55 bits per heavy atom. The molecule has 9 heteroatoms. The van der Waals surface area contributed by atoms with E-state index in [-0.39, 0.29) is 17.3 Å². The first kappa shape index (κ1) is 21.0. The van der Waals surface area contributed by atoms with E-state index >= 15 is 0 Å². The van der Waals surface area contributed by atoms with Gasteiger partial charge in [-0.3, -0.25) is 4.90 Å². The Balaban J connectivity index is 1.52. The molecule has 3 heterocycles. The molecule has 2 aromatic carbocycles. The fourth-order valence-electron chi connectivity index (χ4n) is 4.18. The van der Waals surface area contributed by atoms with Crippen LogP contribution in [0, 0.1) is 11.6 Å². The summed E-state index contributed by atoms with van der Waals surface area (Å²) >= 11 is 0. The highest BCUT2D eigenvalue weighted by molar-refractivity contribution is 5.76. The lowest BCUT2D eigenvalue weighted by atomic mass is 10.0. The molecular formula is C24H22F2N6O. The molecule has 1 fully saturated rings. The van der Waals surface area contributed by atoms with Crippen molar-refractivity contribution in [3.8, 4) is 28.2 Å². The summed E-state index contributed by atoms with van der Waals surface area (Å²) < 4.78 is 29.2. The highest BCUT2D eigenvalue weighted by Gasteiger charge is 2.20. The van der Waals surface area contributed by atoms with E-state index in [2.05, 4.69) is 32.2 Å². The maximum absolute atomic E-state index is 14.4. The molecule has 0 bridgehead atoms. The number of hydrogen-bond donors (Lipinski definition) is 2. The van der Waals surface area contributed by atoms with E-state index in [4.69, 9.17) is 5.73 Å². The fraction of sp³-hybridized carbons (Fsp3) is 0.208. The van der Waals surface area contributed by atoms with Gasteiger partial charge >= 0.3 is 5.69 Å². The smallest absolute Gasteiger partial charge is 0.348 e. The van der Waals surface area contributed by atoms with Gasteiger partial charge in [-0.15, -0.1) is 0 Å². The summed E-state index contributed by atoms with van der Waals surface area (Å²) in [5, 5.41) is 6.30. The van der Waals surface area contributed by atoms with Crippen molar-refractivity contribution in [3.05, 3.63) is 82.4 Å². The summed E-state index contributed by atoms with van der Waals surface area (Å²) in [7, 11) is 0. The monoisotopic (exact) mass is 448 g/mol. The number of nitrogens with one attached hydrogen (secondary N) is 1. The number of aromatic amines is 1. The van der Waals surface area contributed by atoms with Crippen molar-refractivity contribution in [1.82, 2.24) is 24.6 Å². The van der Waals surface area contributed by atoms with Gasteiger partial charge in [-0.25, -0.2) is 28.2 Å². The number of rotatable bonds is 5. The first-order valence-corrected chi connectivity index (χ1v) is 10.7. The van der Waals surface area contributed by atoms with Gasteiger partial charge in [-0.1, -0.05) is 30.3 Å². The molecule has 1 aliphatic rings. The van der Waals surface area contributed by atoms with Gasteiger partial charge < -0.3 is 5.73 Å². The molecule has 1 saturated heterocycles. The lowest BCUT2D eigenvalue weighted by molar-refractivity contribution is 0.331. The summed E-state index contributed by atoms with van der Waals surface area (Å²) in [6.45, 7) is 3.18. The van der Waals surface area contributed by atoms with Crippen LogP contribution in [0.4, 0.5) is 14.6 Å². The molecule has 168 valence electrons. The Morgan fingerprint density at radius 1 is 1.03 bits per heavy atom. The zero-order valence-corrected chi connectivity index (χ0v) is 17.8. The van der Waals surface area contributed by atoms with Crippen molar-refractivity contribution < 1.29 is 8.78 Å². The maximum Gasteiger partial charge on any atom is 0.348 e. The first-order chi connectivity index (χ1) is 16.0. The van der Waals surface area contributed by atoms with E-state index in [1.54, 1.807) is 12.3 Å². The third-order valence-electron chi connectivity index (χ3n) is 5.90. The van der Waals surface area contributed by atoms with Gasteiger partial charge in [0.05, 0.1) is 11.3 Å². The van der Waals surface area contributed by atoms with Crippen LogP contribution < -0.4 is 11.4 Å². The number of likely N-dealkylation sites (tertiary alicyclic amines) is 1. The highest BCUT2D eigenvalue weighted by atomic mass is 19.2. The molecule has 4 aromatic rings. The van der Waals surface area contributed by atoms with Gasteiger partial charge in [-0.05, 0) is 55.3 Å². The molecule has 5 rings (SSSR count). The average molecular weight is 448 g/mol.